The van der Waals surface area contributed by atoms with E-state index in [2.05, 4.69) is 14.9 Å². The zero-order valence-electron chi connectivity index (χ0n) is 14.7. The highest BCUT2D eigenvalue weighted by molar-refractivity contribution is 7.92. The molecule has 1 saturated heterocycles. The molecule has 2 aliphatic heterocycles. The van der Waals surface area contributed by atoms with Crippen LogP contribution in [0.1, 0.15) is 17.0 Å². The Morgan fingerprint density at radius 3 is 2.52 bits per heavy atom. The molecular formula is C21H19N3O2S. The monoisotopic (exact) mass is 377 g/mol. The number of hydrogen-bond donors (Lipinski definition) is 0. The van der Waals surface area contributed by atoms with Gasteiger partial charge in [0.05, 0.1) is 10.1 Å². The van der Waals surface area contributed by atoms with E-state index in [9.17, 15) is 8.42 Å². The number of hydrogen-bond acceptors (Lipinski definition) is 5. The predicted molar refractivity (Wildman–Crippen MR) is 103 cm³/mol. The minimum absolute atomic E-state index is 0.0262. The first-order chi connectivity index (χ1) is 13.1. The molecule has 0 amide bonds. The lowest BCUT2D eigenvalue weighted by Gasteiger charge is -2.17. The highest BCUT2D eigenvalue weighted by Crippen LogP contribution is 2.46. The fourth-order valence-electron chi connectivity index (χ4n) is 4.32. The summed E-state index contributed by atoms with van der Waals surface area (Å²) in [7, 11) is -3.28. The largest absolute Gasteiger partial charge is 0.297 e. The Hall–Kier alpha value is -2.57. The number of benzene rings is 1. The van der Waals surface area contributed by atoms with E-state index in [0.29, 0.717) is 11.4 Å². The van der Waals surface area contributed by atoms with Crippen molar-refractivity contribution in [3.63, 3.8) is 0 Å². The van der Waals surface area contributed by atoms with Crippen molar-refractivity contribution in [2.24, 2.45) is 0 Å². The molecule has 0 radical (unpaired) electrons. The molecule has 2 aromatic heterocycles. The van der Waals surface area contributed by atoms with E-state index in [0.717, 1.165) is 35.3 Å². The van der Waals surface area contributed by atoms with Crippen LogP contribution < -0.4 is 0 Å². The molecule has 6 heteroatoms. The van der Waals surface area contributed by atoms with Gasteiger partial charge in [-0.1, -0.05) is 18.2 Å². The van der Waals surface area contributed by atoms with E-state index in [1.54, 1.807) is 18.5 Å². The van der Waals surface area contributed by atoms with Gasteiger partial charge < -0.3 is 0 Å². The van der Waals surface area contributed by atoms with Gasteiger partial charge in [0.25, 0.3) is 0 Å². The van der Waals surface area contributed by atoms with E-state index in [1.165, 1.54) is 0 Å². The summed E-state index contributed by atoms with van der Waals surface area (Å²) in [4.78, 5) is 11.1. The summed E-state index contributed by atoms with van der Waals surface area (Å²) in [5, 5.41) is -0.353. The second-order valence-electron chi connectivity index (χ2n) is 7.24. The summed E-state index contributed by atoms with van der Waals surface area (Å²) in [6.07, 6.45) is 7.15. The lowest BCUT2D eigenvalue weighted by Crippen LogP contribution is -2.25. The Morgan fingerprint density at radius 1 is 0.963 bits per heavy atom. The van der Waals surface area contributed by atoms with Crippen LogP contribution in [-0.2, 0) is 16.4 Å². The average Bonchev–Trinajstić information content (AvgIpc) is 3.21. The molecule has 2 aliphatic rings. The van der Waals surface area contributed by atoms with Crippen molar-refractivity contribution in [1.82, 2.24) is 14.9 Å². The molecule has 3 aromatic rings. The van der Waals surface area contributed by atoms with Crippen molar-refractivity contribution < 1.29 is 8.42 Å². The lowest BCUT2D eigenvalue weighted by molar-refractivity contribution is 0.325. The van der Waals surface area contributed by atoms with E-state index in [1.807, 2.05) is 48.8 Å². The lowest BCUT2D eigenvalue weighted by atomic mass is 9.95. The maximum atomic E-state index is 13.1. The summed E-state index contributed by atoms with van der Waals surface area (Å²) in [5.74, 6) is 0.0262. The first-order valence-corrected chi connectivity index (χ1v) is 10.6. The number of sulfone groups is 1. The molecule has 0 aliphatic carbocycles. The zero-order valence-corrected chi connectivity index (χ0v) is 15.5. The fraction of sp³-hybridized carbons (Fsp3) is 0.238. The van der Waals surface area contributed by atoms with Gasteiger partial charge in [-0.2, -0.15) is 0 Å². The first-order valence-electron chi connectivity index (χ1n) is 9.02. The predicted octanol–water partition coefficient (Wildman–Crippen LogP) is 2.90. The van der Waals surface area contributed by atoms with Crippen molar-refractivity contribution >= 4 is 9.84 Å². The van der Waals surface area contributed by atoms with Crippen LogP contribution in [0.5, 0.6) is 0 Å². The van der Waals surface area contributed by atoms with Gasteiger partial charge in [0.15, 0.2) is 9.84 Å². The molecule has 2 atom stereocenters. The molecular weight excluding hydrogens is 358 g/mol. The molecule has 1 fully saturated rings. The number of nitrogens with zero attached hydrogens (tertiary/aromatic N) is 3. The summed E-state index contributed by atoms with van der Waals surface area (Å²) >= 11 is 0. The van der Waals surface area contributed by atoms with Crippen molar-refractivity contribution in [3.8, 4) is 11.1 Å². The third kappa shape index (κ3) is 2.76. The Labute approximate surface area is 158 Å². The van der Waals surface area contributed by atoms with Gasteiger partial charge in [0.2, 0.25) is 0 Å². The topological polar surface area (TPSA) is 63.2 Å². The molecule has 5 rings (SSSR count). The third-order valence-electron chi connectivity index (χ3n) is 5.58. The summed E-state index contributed by atoms with van der Waals surface area (Å²) < 4.78 is 26.1. The molecule has 1 aromatic carbocycles. The van der Waals surface area contributed by atoms with Gasteiger partial charge in [-0.25, -0.2) is 8.42 Å². The Balaban J connectivity index is 1.49. The zero-order chi connectivity index (χ0) is 18.4. The molecule has 0 spiro atoms. The molecule has 5 nitrogen and oxygen atoms in total. The molecule has 0 unspecified atom stereocenters. The van der Waals surface area contributed by atoms with E-state index >= 15 is 0 Å². The molecule has 4 heterocycles. The molecule has 27 heavy (non-hydrogen) atoms. The minimum Gasteiger partial charge on any atom is -0.297 e. The van der Waals surface area contributed by atoms with Crippen LogP contribution in [-0.4, -0.2) is 41.6 Å². The maximum absolute atomic E-state index is 13.1. The van der Waals surface area contributed by atoms with Gasteiger partial charge in [0, 0.05) is 50.3 Å². The third-order valence-corrected chi connectivity index (χ3v) is 7.84. The minimum atomic E-state index is -3.28. The fourth-order valence-corrected chi connectivity index (χ4v) is 6.51. The number of pyridine rings is 2. The summed E-state index contributed by atoms with van der Waals surface area (Å²) in [6, 6.07) is 13.6. The normalized spacial score (nSPS) is 23.1. The van der Waals surface area contributed by atoms with Crippen molar-refractivity contribution in [2.45, 2.75) is 22.6 Å². The van der Waals surface area contributed by atoms with E-state index in [4.69, 9.17) is 0 Å². The number of fused-ring (bicyclic) bond motifs is 3. The van der Waals surface area contributed by atoms with Crippen molar-refractivity contribution in [2.75, 3.05) is 13.1 Å². The number of rotatable bonds is 3. The quantitative estimate of drug-likeness (QED) is 0.702. The van der Waals surface area contributed by atoms with Crippen LogP contribution in [0.2, 0.25) is 0 Å². The second kappa shape index (κ2) is 6.25. The maximum Gasteiger partial charge on any atom is 0.183 e. The Bertz CT molecular complexity index is 1080. The van der Waals surface area contributed by atoms with Gasteiger partial charge in [-0.3, -0.25) is 14.9 Å². The Kier molecular flexibility index (Phi) is 3.84. The van der Waals surface area contributed by atoms with E-state index in [-0.39, 0.29) is 11.2 Å². The average molecular weight is 377 g/mol. The highest BCUT2D eigenvalue weighted by Gasteiger charge is 2.50. The van der Waals surface area contributed by atoms with Crippen LogP contribution in [0.15, 0.2) is 72.1 Å². The summed E-state index contributed by atoms with van der Waals surface area (Å²) in [5.41, 5.74) is 4.09. The molecule has 0 bridgehead atoms. The smallest absolute Gasteiger partial charge is 0.183 e. The number of likely N-dealkylation sites (tertiary alicyclic amines) is 1. The van der Waals surface area contributed by atoms with Crippen molar-refractivity contribution in [1.29, 1.82) is 0 Å². The standard InChI is InChI=1S/C21H19N3O2S/c25-27(26)20-6-5-16(17-4-2-8-23-11-17)9-18(20)19-13-24(14-21(19)27)12-15-3-1-7-22-10-15/h1-11,19,21H,12-14H2/t19-,21-/m1/s1. The molecule has 0 N–H and O–H groups in total. The van der Waals surface area contributed by atoms with E-state index < -0.39 is 9.84 Å². The van der Waals surface area contributed by atoms with Crippen LogP contribution >= 0.6 is 0 Å². The molecule has 136 valence electrons. The van der Waals surface area contributed by atoms with Crippen LogP contribution in [0, 0.1) is 0 Å². The van der Waals surface area contributed by atoms with Gasteiger partial charge in [0.1, 0.15) is 0 Å². The van der Waals surface area contributed by atoms with Crippen LogP contribution in [0.4, 0.5) is 0 Å². The number of aromatic nitrogens is 2. The first kappa shape index (κ1) is 16.6. The van der Waals surface area contributed by atoms with Gasteiger partial charge in [-0.15, -0.1) is 0 Å². The van der Waals surface area contributed by atoms with Gasteiger partial charge >= 0.3 is 0 Å². The Morgan fingerprint density at radius 2 is 1.78 bits per heavy atom. The SMILES string of the molecule is O=S1(=O)c2ccc(-c3cccnc3)cc2[C@H]2CN(Cc3cccnc3)C[C@H]21. The second-order valence-corrected chi connectivity index (χ2v) is 9.37. The van der Waals surface area contributed by atoms with Crippen LogP contribution in [0.25, 0.3) is 11.1 Å². The molecule has 0 saturated carbocycles. The van der Waals surface area contributed by atoms with Gasteiger partial charge in [-0.05, 0) is 46.5 Å². The highest BCUT2D eigenvalue weighted by atomic mass is 32.2. The van der Waals surface area contributed by atoms with Crippen molar-refractivity contribution in [3.05, 3.63) is 78.4 Å². The van der Waals surface area contributed by atoms with Crippen LogP contribution in [0.3, 0.4) is 0 Å². The summed E-state index contributed by atoms with van der Waals surface area (Å²) in [6.45, 7) is 2.05.